The summed E-state index contributed by atoms with van der Waals surface area (Å²) in [6.45, 7) is 4.74. The van der Waals surface area contributed by atoms with Gasteiger partial charge in [0.05, 0.1) is 25.4 Å². The lowest BCUT2D eigenvalue weighted by Gasteiger charge is -2.20. The van der Waals surface area contributed by atoms with Gasteiger partial charge in [-0.1, -0.05) is 159 Å². The summed E-state index contributed by atoms with van der Waals surface area (Å²) in [6, 6.07) is -0.648. The number of carbonyl (C=O) groups is 2. The number of aliphatic hydroxyl groups is 2. The van der Waals surface area contributed by atoms with Gasteiger partial charge in [0.15, 0.2) is 0 Å². The Balaban J connectivity index is 3.56. The maximum Gasteiger partial charge on any atom is 0.305 e. The SMILES string of the molecule is CCCCCC/C=C\C/C=C\CCCCCCCC(=O)OCCCC/C=C\CCCCCCCC(=O)NC(CO)C(O)/C=C/CCCCCCCCC. The first-order valence-electron chi connectivity index (χ1n) is 22.4. The number of ether oxygens (including phenoxy) is 1. The third kappa shape index (κ3) is 39.3. The van der Waals surface area contributed by atoms with E-state index < -0.39 is 12.1 Å². The third-order valence-electron chi connectivity index (χ3n) is 9.81. The van der Waals surface area contributed by atoms with Crippen LogP contribution in [0.15, 0.2) is 48.6 Å². The van der Waals surface area contributed by atoms with Crippen molar-refractivity contribution in [2.24, 2.45) is 0 Å². The molecule has 0 aliphatic carbocycles. The highest BCUT2D eigenvalue weighted by molar-refractivity contribution is 5.76. The molecule has 2 atom stereocenters. The van der Waals surface area contributed by atoms with Gasteiger partial charge >= 0.3 is 5.97 Å². The summed E-state index contributed by atoms with van der Waals surface area (Å²) < 4.78 is 5.42. The maximum absolute atomic E-state index is 12.3. The quantitative estimate of drug-likeness (QED) is 0.0330. The zero-order valence-electron chi connectivity index (χ0n) is 34.7. The highest BCUT2D eigenvalue weighted by Crippen LogP contribution is 2.12. The predicted molar refractivity (Wildman–Crippen MR) is 227 cm³/mol. The number of esters is 1. The largest absolute Gasteiger partial charge is 0.466 e. The summed E-state index contributed by atoms with van der Waals surface area (Å²) >= 11 is 0. The highest BCUT2D eigenvalue weighted by atomic mass is 16.5. The first kappa shape index (κ1) is 50.8. The lowest BCUT2D eigenvalue weighted by Crippen LogP contribution is -2.45. The van der Waals surface area contributed by atoms with Gasteiger partial charge in [0.1, 0.15) is 0 Å². The molecule has 0 radical (unpaired) electrons. The van der Waals surface area contributed by atoms with Gasteiger partial charge in [-0.25, -0.2) is 0 Å². The molecular weight excluding hydrogens is 659 g/mol. The van der Waals surface area contributed by atoms with E-state index in [1.165, 1.54) is 89.9 Å². The van der Waals surface area contributed by atoms with Crippen LogP contribution in [0, 0.1) is 0 Å². The van der Waals surface area contributed by atoms with Gasteiger partial charge in [-0.3, -0.25) is 9.59 Å². The maximum atomic E-state index is 12.3. The number of nitrogens with one attached hydrogen (secondary N) is 1. The predicted octanol–water partition coefficient (Wildman–Crippen LogP) is 12.7. The number of rotatable bonds is 40. The lowest BCUT2D eigenvalue weighted by atomic mass is 10.1. The second-order valence-corrected chi connectivity index (χ2v) is 15.0. The van der Waals surface area contributed by atoms with Crippen LogP contribution in [-0.4, -0.2) is 47.4 Å². The lowest BCUT2D eigenvalue weighted by molar-refractivity contribution is -0.143. The molecular formula is C47H85NO5. The van der Waals surface area contributed by atoms with Crippen LogP contribution in [0.1, 0.15) is 213 Å². The average Bonchev–Trinajstić information content (AvgIpc) is 3.16. The number of hydrogen-bond acceptors (Lipinski definition) is 5. The van der Waals surface area contributed by atoms with Gasteiger partial charge in [0, 0.05) is 12.8 Å². The van der Waals surface area contributed by atoms with Gasteiger partial charge in [0.2, 0.25) is 5.91 Å². The molecule has 0 bridgehead atoms. The summed E-state index contributed by atoms with van der Waals surface area (Å²) in [5, 5.41) is 22.8. The highest BCUT2D eigenvalue weighted by Gasteiger charge is 2.18. The molecule has 2 unspecified atom stereocenters. The molecule has 0 aromatic heterocycles. The second kappa shape index (κ2) is 42.6. The first-order chi connectivity index (χ1) is 26.0. The van der Waals surface area contributed by atoms with Crippen LogP contribution in [0.4, 0.5) is 0 Å². The van der Waals surface area contributed by atoms with Crippen LogP contribution in [0.3, 0.4) is 0 Å². The smallest absolute Gasteiger partial charge is 0.305 e. The number of unbranched alkanes of at least 4 members (excludes halogenated alkanes) is 23. The average molecular weight is 744 g/mol. The van der Waals surface area contributed by atoms with Crippen LogP contribution < -0.4 is 5.32 Å². The van der Waals surface area contributed by atoms with Crippen LogP contribution in [0.25, 0.3) is 0 Å². The van der Waals surface area contributed by atoms with E-state index in [1.807, 2.05) is 6.08 Å². The third-order valence-corrected chi connectivity index (χ3v) is 9.81. The van der Waals surface area contributed by atoms with Gasteiger partial charge in [0.25, 0.3) is 0 Å². The molecule has 3 N–H and O–H groups in total. The Morgan fingerprint density at radius 1 is 0.528 bits per heavy atom. The number of amides is 1. The summed E-state index contributed by atoms with van der Waals surface area (Å²) in [6.07, 6.45) is 51.0. The number of aliphatic hydroxyl groups excluding tert-OH is 2. The number of allylic oxidation sites excluding steroid dienone is 7. The number of carbonyl (C=O) groups excluding carboxylic acids is 2. The molecule has 0 fully saturated rings. The zero-order chi connectivity index (χ0) is 38.7. The van der Waals surface area contributed by atoms with E-state index in [1.54, 1.807) is 6.08 Å². The fourth-order valence-corrected chi connectivity index (χ4v) is 6.30. The Bertz CT molecular complexity index is 911. The van der Waals surface area contributed by atoms with Crippen molar-refractivity contribution >= 4 is 11.9 Å². The van der Waals surface area contributed by atoms with Crippen LogP contribution in [0.5, 0.6) is 0 Å². The van der Waals surface area contributed by atoms with E-state index in [2.05, 4.69) is 55.6 Å². The zero-order valence-corrected chi connectivity index (χ0v) is 34.7. The van der Waals surface area contributed by atoms with E-state index in [9.17, 15) is 19.8 Å². The minimum absolute atomic E-state index is 0.0484. The van der Waals surface area contributed by atoms with Crippen molar-refractivity contribution in [1.29, 1.82) is 0 Å². The van der Waals surface area contributed by atoms with Crippen LogP contribution >= 0.6 is 0 Å². The van der Waals surface area contributed by atoms with Gasteiger partial charge in [-0.15, -0.1) is 0 Å². The molecule has 6 heteroatoms. The van der Waals surface area contributed by atoms with Crippen LogP contribution in [0.2, 0.25) is 0 Å². The van der Waals surface area contributed by atoms with Gasteiger partial charge < -0.3 is 20.3 Å². The van der Waals surface area contributed by atoms with Crippen molar-refractivity contribution in [1.82, 2.24) is 5.32 Å². The fraction of sp³-hybridized carbons (Fsp3) is 0.787. The molecule has 0 heterocycles. The minimum atomic E-state index is -0.861. The normalized spacial score (nSPS) is 13.2. The Morgan fingerprint density at radius 3 is 1.47 bits per heavy atom. The van der Waals surface area contributed by atoms with E-state index in [4.69, 9.17) is 4.74 Å². The molecule has 0 aliphatic rings. The first-order valence-corrected chi connectivity index (χ1v) is 22.4. The molecule has 0 saturated heterocycles. The van der Waals surface area contributed by atoms with E-state index >= 15 is 0 Å². The Labute approximate surface area is 327 Å². The van der Waals surface area contributed by atoms with Crippen molar-refractivity contribution in [2.75, 3.05) is 13.2 Å². The molecule has 0 aromatic rings. The molecule has 0 aliphatic heterocycles. The minimum Gasteiger partial charge on any atom is -0.466 e. The molecule has 53 heavy (non-hydrogen) atoms. The van der Waals surface area contributed by atoms with Crippen molar-refractivity contribution < 1.29 is 24.5 Å². The topological polar surface area (TPSA) is 95.9 Å². The Kier molecular flexibility index (Phi) is 40.8. The van der Waals surface area contributed by atoms with Crippen molar-refractivity contribution in [3.05, 3.63) is 48.6 Å². The van der Waals surface area contributed by atoms with Crippen LogP contribution in [-0.2, 0) is 14.3 Å². The van der Waals surface area contributed by atoms with E-state index in [0.717, 1.165) is 96.3 Å². The monoisotopic (exact) mass is 744 g/mol. The molecule has 0 saturated carbocycles. The summed E-state index contributed by atoms with van der Waals surface area (Å²) in [7, 11) is 0. The molecule has 0 rings (SSSR count). The standard InChI is InChI=1S/C47H85NO5/c1-3-5-7-9-11-13-14-15-16-17-18-21-25-29-33-37-41-47(52)53-42-38-34-30-26-22-19-20-24-28-32-36-40-46(51)48-44(43-49)45(50)39-35-31-27-23-12-10-8-6-4-2/h13-14,16-17,22,26,35,39,44-45,49-50H,3-12,15,18-21,23-25,27-34,36-38,40-43H2,1-2H3,(H,48,51)/b14-13-,17-16-,26-22-,39-35+. The molecule has 308 valence electrons. The van der Waals surface area contributed by atoms with Crippen molar-refractivity contribution in [3.8, 4) is 0 Å². The Hall–Kier alpha value is -2.18. The summed E-state index contributed by atoms with van der Waals surface area (Å²) in [5.74, 6) is -0.152. The van der Waals surface area contributed by atoms with E-state index in [-0.39, 0.29) is 18.5 Å². The summed E-state index contributed by atoms with van der Waals surface area (Å²) in [4.78, 5) is 24.3. The second-order valence-electron chi connectivity index (χ2n) is 15.0. The fourth-order valence-electron chi connectivity index (χ4n) is 6.30. The van der Waals surface area contributed by atoms with Crippen molar-refractivity contribution in [3.63, 3.8) is 0 Å². The molecule has 1 amide bonds. The van der Waals surface area contributed by atoms with Gasteiger partial charge in [-0.05, 0) is 89.9 Å². The summed E-state index contributed by atoms with van der Waals surface area (Å²) in [5.41, 5.74) is 0. The van der Waals surface area contributed by atoms with E-state index in [0.29, 0.717) is 19.4 Å². The molecule has 0 spiro atoms. The van der Waals surface area contributed by atoms with Gasteiger partial charge in [-0.2, -0.15) is 0 Å². The molecule has 0 aromatic carbocycles. The molecule has 6 nitrogen and oxygen atoms in total. The van der Waals surface area contributed by atoms with Crippen molar-refractivity contribution in [2.45, 2.75) is 225 Å². The number of hydrogen-bond donors (Lipinski definition) is 3. The Morgan fingerprint density at radius 2 is 0.943 bits per heavy atom.